The minimum absolute atomic E-state index is 0.314. The van der Waals surface area contributed by atoms with E-state index < -0.39 is 0 Å². The van der Waals surface area contributed by atoms with Gasteiger partial charge in [-0.15, -0.1) is 0 Å². The normalized spacial score (nSPS) is 18.4. The largest absolute Gasteiger partial charge is 0.294 e. The van der Waals surface area contributed by atoms with Gasteiger partial charge in [-0.25, -0.2) is 0 Å². The van der Waals surface area contributed by atoms with Gasteiger partial charge >= 0.3 is 0 Å². The zero-order valence-electron chi connectivity index (χ0n) is 7.68. The first-order chi connectivity index (χ1) is 5.84. The Balaban J connectivity index is 2.49. The van der Waals surface area contributed by atoms with Crippen LogP contribution in [0, 0.1) is 0 Å². The lowest BCUT2D eigenvalue weighted by atomic mass is 9.98. The van der Waals surface area contributed by atoms with Crippen LogP contribution in [0.1, 0.15) is 39.0 Å². The fraction of sp³-hybridized carbons (Fsp3) is 0.545. The molecule has 0 saturated carbocycles. The van der Waals surface area contributed by atoms with Gasteiger partial charge < -0.3 is 0 Å². The molecule has 0 bridgehead atoms. The lowest BCUT2D eigenvalue weighted by Crippen LogP contribution is -2.04. The van der Waals surface area contributed by atoms with Crippen LogP contribution in [-0.4, -0.2) is 5.78 Å². The van der Waals surface area contributed by atoms with Gasteiger partial charge in [-0.1, -0.05) is 31.6 Å². The summed E-state index contributed by atoms with van der Waals surface area (Å²) in [5.74, 6) is 0.314. The Bertz CT molecular complexity index is 211. The lowest BCUT2D eigenvalue weighted by Gasteiger charge is -2.06. The monoisotopic (exact) mass is 164 g/mol. The summed E-state index contributed by atoms with van der Waals surface area (Å²) in [5.41, 5.74) is 0.926. The molecular formula is C11H16O. The molecule has 0 aliphatic heterocycles. The molecule has 0 aromatic rings. The number of Topliss-reactive ketones (excluding diaryl/α,β-unsaturated/α-hetero) is 1. The average Bonchev–Trinajstić information content (AvgIpc) is 2.09. The third-order valence-corrected chi connectivity index (χ3v) is 2.05. The minimum atomic E-state index is 0.314. The third kappa shape index (κ3) is 2.65. The molecule has 0 heterocycles. The number of hydrogen-bond acceptors (Lipinski definition) is 1. The van der Waals surface area contributed by atoms with Crippen LogP contribution in [0.3, 0.4) is 0 Å². The van der Waals surface area contributed by atoms with Crippen molar-refractivity contribution in [3.63, 3.8) is 0 Å². The van der Waals surface area contributed by atoms with E-state index in [1.54, 1.807) is 0 Å². The molecule has 0 aromatic heterocycles. The minimum Gasteiger partial charge on any atom is -0.294 e. The summed E-state index contributed by atoms with van der Waals surface area (Å²) in [4.78, 5) is 11.3. The van der Waals surface area contributed by atoms with Crippen molar-refractivity contribution in [3.05, 3.63) is 23.8 Å². The standard InChI is InChI=1S/C11H16O/c1-2-3-4-7-10-8-5-6-9-11(10)12/h4,7-8H,2-3,5-6,9H2,1H3/b7-4+. The number of rotatable bonds is 3. The second-order valence-electron chi connectivity index (χ2n) is 3.17. The highest BCUT2D eigenvalue weighted by Gasteiger charge is 2.09. The molecule has 0 unspecified atom stereocenters. The molecule has 1 heteroatoms. The first kappa shape index (κ1) is 9.24. The van der Waals surface area contributed by atoms with Gasteiger partial charge in [0.25, 0.3) is 0 Å². The van der Waals surface area contributed by atoms with Crippen LogP contribution in [0.5, 0.6) is 0 Å². The fourth-order valence-electron chi connectivity index (χ4n) is 1.32. The second-order valence-corrected chi connectivity index (χ2v) is 3.17. The smallest absolute Gasteiger partial charge is 0.162 e. The van der Waals surface area contributed by atoms with Crippen molar-refractivity contribution in [2.24, 2.45) is 0 Å². The number of carbonyl (C=O) groups is 1. The number of allylic oxidation sites excluding steroid dienone is 4. The Morgan fingerprint density at radius 2 is 2.42 bits per heavy atom. The van der Waals surface area contributed by atoms with Crippen LogP contribution >= 0.6 is 0 Å². The summed E-state index contributed by atoms with van der Waals surface area (Å²) >= 11 is 0. The zero-order valence-corrected chi connectivity index (χ0v) is 7.68. The summed E-state index contributed by atoms with van der Waals surface area (Å²) in [6, 6.07) is 0. The summed E-state index contributed by atoms with van der Waals surface area (Å²) in [5, 5.41) is 0. The predicted molar refractivity (Wildman–Crippen MR) is 51.0 cm³/mol. The predicted octanol–water partition coefficient (Wildman–Crippen LogP) is 3.02. The summed E-state index contributed by atoms with van der Waals surface area (Å²) in [6.45, 7) is 2.14. The Morgan fingerprint density at radius 1 is 1.58 bits per heavy atom. The van der Waals surface area contributed by atoms with E-state index in [-0.39, 0.29) is 0 Å². The molecule has 0 radical (unpaired) electrons. The van der Waals surface area contributed by atoms with Crippen molar-refractivity contribution in [2.45, 2.75) is 39.0 Å². The topological polar surface area (TPSA) is 17.1 Å². The van der Waals surface area contributed by atoms with Crippen molar-refractivity contribution in [1.29, 1.82) is 0 Å². The lowest BCUT2D eigenvalue weighted by molar-refractivity contribution is -0.115. The molecule has 66 valence electrons. The number of ketones is 1. The van der Waals surface area contributed by atoms with E-state index in [2.05, 4.69) is 19.1 Å². The molecule has 1 aliphatic carbocycles. The highest BCUT2D eigenvalue weighted by molar-refractivity contribution is 5.98. The maximum atomic E-state index is 11.3. The van der Waals surface area contributed by atoms with Gasteiger partial charge in [-0.3, -0.25) is 4.79 Å². The maximum Gasteiger partial charge on any atom is 0.162 e. The van der Waals surface area contributed by atoms with E-state index in [0.717, 1.165) is 37.7 Å². The highest BCUT2D eigenvalue weighted by atomic mass is 16.1. The van der Waals surface area contributed by atoms with Crippen LogP contribution in [0.25, 0.3) is 0 Å². The van der Waals surface area contributed by atoms with Crippen molar-refractivity contribution in [2.75, 3.05) is 0 Å². The highest BCUT2D eigenvalue weighted by Crippen LogP contribution is 2.15. The first-order valence-corrected chi connectivity index (χ1v) is 4.74. The molecular weight excluding hydrogens is 148 g/mol. The third-order valence-electron chi connectivity index (χ3n) is 2.05. The SMILES string of the molecule is CCC/C=C/C1=CCCCC1=O. The van der Waals surface area contributed by atoms with Crippen molar-refractivity contribution in [3.8, 4) is 0 Å². The molecule has 1 nitrogen and oxygen atoms in total. The molecule has 0 saturated heterocycles. The Labute approximate surface area is 74.2 Å². The molecule has 0 N–H and O–H groups in total. The van der Waals surface area contributed by atoms with Gasteiger partial charge in [0.15, 0.2) is 5.78 Å². The van der Waals surface area contributed by atoms with Crippen molar-refractivity contribution in [1.82, 2.24) is 0 Å². The van der Waals surface area contributed by atoms with E-state index in [1.165, 1.54) is 0 Å². The van der Waals surface area contributed by atoms with Gasteiger partial charge in [0.2, 0.25) is 0 Å². The Hall–Kier alpha value is -0.850. The van der Waals surface area contributed by atoms with E-state index in [4.69, 9.17) is 0 Å². The van der Waals surface area contributed by atoms with Crippen LogP contribution < -0.4 is 0 Å². The summed E-state index contributed by atoms with van der Waals surface area (Å²) < 4.78 is 0. The summed E-state index contributed by atoms with van der Waals surface area (Å²) in [7, 11) is 0. The average molecular weight is 164 g/mol. The van der Waals surface area contributed by atoms with Crippen molar-refractivity contribution < 1.29 is 4.79 Å². The maximum absolute atomic E-state index is 11.3. The molecule has 12 heavy (non-hydrogen) atoms. The van der Waals surface area contributed by atoms with Gasteiger partial charge in [0.1, 0.15) is 0 Å². The van der Waals surface area contributed by atoms with Crippen LogP contribution in [0.4, 0.5) is 0 Å². The quantitative estimate of drug-likeness (QED) is 0.626. The van der Waals surface area contributed by atoms with E-state index in [9.17, 15) is 4.79 Å². The van der Waals surface area contributed by atoms with Gasteiger partial charge in [0.05, 0.1) is 0 Å². The Kier molecular flexibility index (Phi) is 3.78. The molecule has 0 amide bonds. The van der Waals surface area contributed by atoms with Crippen LogP contribution in [-0.2, 0) is 4.79 Å². The first-order valence-electron chi connectivity index (χ1n) is 4.74. The molecule has 0 aromatic carbocycles. The number of carbonyl (C=O) groups excluding carboxylic acids is 1. The molecule has 0 spiro atoms. The second kappa shape index (κ2) is 4.91. The zero-order chi connectivity index (χ0) is 8.81. The molecule has 1 aliphatic rings. The number of unbranched alkanes of at least 4 members (excludes halogenated alkanes) is 1. The van der Waals surface area contributed by atoms with Gasteiger partial charge in [-0.05, 0) is 19.3 Å². The van der Waals surface area contributed by atoms with E-state index in [1.807, 2.05) is 6.08 Å². The van der Waals surface area contributed by atoms with Gasteiger partial charge in [-0.2, -0.15) is 0 Å². The van der Waals surface area contributed by atoms with E-state index in [0.29, 0.717) is 5.78 Å². The molecule has 0 atom stereocenters. The summed E-state index contributed by atoms with van der Waals surface area (Å²) in [6.07, 6.45) is 11.2. The van der Waals surface area contributed by atoms with Crippen LogP contribution in [0.2, 0.25) is 0 Å². The Morgan fingerprint density at radius 3 is 3.08 bits per heavy atom. The fourth-order valence-corrected chi connectivity index (χ4v) is 1.32. The number of hydrogen-bond donors (Lipinski definition) is 0. The van der Waals surface area contributed by atoms with Gasteiger partial charge in [0, 0.05) is 12.0 Å². The van der Waals surface area contributed by atoms with Crippen molar-refractivity contribution >= 4 is 5.78 Å². The van der Waals surface area contributed by atoms with E-state index >= 15 is 0 Å². The molecule has 1 rings (SSSR count). The van der Waals surface area contributed by atoms with Crippen LogP contribution in [0.15, 0.2) is 23.8 Å². The molecule has 0 fully saturated rings.